The van der Waals surface area contributed by atoms with E-state index in [2.05, 4.69) is 35.6 Å². The van der Waals surface area contributed by atoms with Crippen LogP contribution in [0.2, 0.25) is 0 Å². The molecule has 18 heavy (non-hydrogen) atoms. The molecule has 0 amide bonds. The highest BCUT2D eigenvalue weighted by atomic mass is 15.3. The van der Waals surface area contributed by atoms with E-state index >= 15 is 0 Å². The summed E-state index contributed by atoms with van der Waals surface area (Å²) in [6.45, 7) is 9.99. The molecule has 1 aromatic rings. The summed E-state index contributed by atoms with van der Waals surface area (Å²) in [4.78, 5) is 8.84. The van der Waals surface area contributed by atoms with Crippen molar-refractivity contribution in [3.8, 4) is 0 Å². The smallest absolute Gasteiger partial charge is 0.128 e. The number of amidine groups is 1. The van der Waals surface area contributed by atoms with Gasteiger partial charge in [-0.1, -0.05) is 26.8 Å². The summed E-state index contributed by atoms with van der Waals surface area (Å²) in [5.74, 6) is 1.78. The monoisotopic (exact) mass is 246 g/mol. The lowest BCUT2D eigenvalue weighted by Crippen LogP contribution is -2.51. The SMILES string of the molecule is CC(C)(C)C(=N)N1CCN(c2ccccn2)CC1. The van der Waals surface area contributed by atoms with Crippen molar-refractivity contribution in [2.75, 3.05) is 31.1 Å². The molecule has 0 radical (unpaired) electrons. The number of rotatable bonds is 1. The third kappa shape index (κ3) is 2.81. The maximum Gasteiger partial charge on any atom is 0.128 e. The number of piperazine rings is 1. The van der Waals surface area contributed by atoms with Crippen LogP contribution in [-0.4, -0.2) is 41.9 Å². The van der Waals surface area contributed by atoms with E-state index in [0.717, 1.165) is 37.8 Å². The van der Waals surface area contributed by atoms with Crippen molar-refractivity contribution in [2.24, 2.45) is 5.41 Å². The summed E-state index contributed by atoms with van der Waals surface area (Å²) < 4.78 is 0. The minimum atomic E-state index is -0.0623. The molecule has 98 valence electrons. The second kappa shape index (κ2) is 4.96. The van der Waals surface area contributed by atoms with E-state index in [-0.39, 0.29) is 5.41 Å². The summed E-state index contributed by atoms with van der Waals surface area (Å²) in [5, 5.41) is 8.20. The normalized spacial score (nSPS) is 16.8. The van der Waals surface area contributed by atoms with Crippen LogP contribution in [0.3, 0.4) is 0 Å². The molecule has 0 unspecified atom stereocenters. The predicted molar refractivity (Wildman–Crippen MR) is 75.2 cm³/mol. The van der Waals surface area contributed by atoms with Crippen molar-refractivity contribution in [1.82, 2.24) is 9.88 Å². The molecule has 1 fully saturated rings. The van der Waals surface area contributed by atoms with E-state index < -0.39 is 0 Å². The van der Waals surface area contributed by atoms with Gasteiger partial charge in [0.2, 0.25) is 0 Å². The van der Waals surface area contributed by atoms with Gasteiger partial charge in [-0.3, -0.25) is 5.41 Å². The van der Waals surface area contributed by atoms with Crippen molar-refractivity contribution in [3.05, 3.63) is 24.4 Å². The molecule has 0 aliphatic carbocycles. The lowest BCUT2D eigenvalue weighted by molar-refractivity contribution is 0.343. The van der Waals surface area contributed by atoms with Crippen molar-refractivity contribution in [2.45, 2.75) is 20.8 Å². The Morgan fingerprint density at radius 3 is 2.33 bits per heavy atom. The molecule has 0 saturated carbocycles. The first-order valence-corrected chi connectivity index (χ1v) is 6.48. The largest absolute Gasteiger partial charge is 0.357 e. The summed E-state index contributed by atoms with van der Waals surface area (Å²) in [7, 11) is 0. The lowest BCUT2D eigenvalue weighted by Gasteiger charge is -2.40. The summed E-state index contributed by atoms with van der Waals surface area (Å²) in [6.07, 6.45) is 1.83. The molecule has 1 aromatic heterocycles. The van der Waals surface area contributed by atoms with E-state index in [9.17, 15) is 0 Å². The number of nitrogens with zero attached hydrogens (tertiary/aromatic N) is 3. The summed E-state index contributed by atoms with van der Waals surface area (Å²) in [5.41, 5.74) is -0.0623. The maximum atomic E-state index is 8.20. The summed E-state index contributed by atoms with van der Waals surface area (Å²) >= 11 is 0. The molecule has 2 rings (SSSR count). The molecule has 0 bridgehead atoms. The van der Waals surface area contributed by atoms with Gasteiger partial charge in [-0.2, -0.15) is 0 Å². The van der Waals surface area contributed by atoms with Gasteiger partial charge in [-0.25, -0.2) is 4.98 Å². The van der Waals surface area contributed by atoms with Crippen LogP contribution in [-0.2, 0) is 0 Å². The first-order chi connectivity index (χ1) is 8.48. The third-order valence-electron chi connectivity index (χ3n) is 3.28. The highest BCUT2D eigenvalue weighted by Crippen LogP contribution is 2.20. The molecule has 1 saturated heterocycles. The van der Waals surface area contributed by atoms with Crippen molar-refractivity contribution < 1.29 is 0 Å². The van der Waals surface area contributed by atoms with Crippen LogP contribution in [0.5, 0.6) is 0 Å². The molecule has 0 spiro atoms. The first-order valence-electron chi connectivity index (χ1n) is 6.48. The molecule has 1 aliphatic rings. The van der Waals surface area contributed by atoms with E-state index in [1.807, 2.05) is 24.4 Å². The molecule has 1 aliphatic heterocycles. The zero-order chi connectivity index (χ0) is 13.2. The van der Waals surface area contributed by atoms with Gasteiger partial charge in [0.1, 0.15) is 11.7 Å². The van der Waals surface area contributed by atoms with Crippen LogP contribution < -0.4 is 4.90 Å². The van der Waals surface area contributed by atoms with Crippen LogP contribution in [0.1, 0.15) is 20.8 Å². The number of aromatic nitrogens is 1. The minimum absolute atomic E-state index is 0.0623. The fraction of sp³-hybridized carbons (Fsp3) is 0.571. The van der Waals surface area contributed by atoms with E-state index in [1.54, 1.807) is 0 Å². The highest BCUT2D eigenvalue weighted by Gasteiger charge is 2.26. The molecular formula is C14H22N4. The summed E-state index contributed by atoms with van der Waals surface area (Å²) in [6, 6.07) is 6.01. The zero-order valence-corrected chi connectivity index (χ0v) is 11.5. The Labute approximate surface area is 109 Å². The second-order valence-corrected chi connectivity index (χ2v) is 5.76. The Balaban J connectivity index is 1.95. The second-order valence-electron chi connectivity index (χ2n) is 5.76. The van der Waals surface area contributed by atoms with Gasteiger partial charge in [0.15, 0.2) is 0 Å². The maximum absolute atomic E-state index is 8.20. The Bertz CT molecular complexity index is 400. The molecule has 0 atom stereocenters. The van der Waals surface area contributed by atoms with Crippen LogP contribution in [0.4, 0.5) is 5.82 Å². The quantitative estimate of drug-likeness (QED) is 0.610. The zero-order valence-electron chi connectivity index (χ0n) is 11.5. The van der Waals surface area contributed by atoms with E-state index in [4.69, 9.17) is 5.41 Å². The van der Waals surface area contributed by atoms with E-state index in [1.165, 1.54) is 0 Å². The Kier molecular flexibility index (Phi) is 3.55. The topological polar surface area (TPSA) is 43.2 Å². The Morgan fingerprint density at radius 2 is 1.83 bits per heavy atom. The molecule has 0 aromatic carbocycles. The fourth-order valence-electron chi connectivity index (χ4n) is 2.17. The Morgan fingerprint density at radius 1 is 1.17 bits per heavy atom. The Hall–Kier alpha value is -1.58. The standard InChI is InChI=1S/C14H22N4/c1-14(2,3)13(15)18-10-8-17(9-11-18)12-6-4-5-7-16-12/h4-7,15H,8-11H2,1-3H3. The molecule has 4 nitrogen and oxygen atoms in total. The number of hydrogen-bond donors (Lipinski definition) is 1. The van der Waals surface area contributed by atoms with Crippen molar-refractivity contribution in [1.29, 1.82) is 5.41 Å². The van der Waals surface area contributed by atoms with Gasteiger partial charge in [0, 0.05) is 37.8 Å². The molecule has 4 heteroatoms. The molecular weight excluding hydrogens is 224 g/mol. The van der Waals surface area contributed by atoms with Crippen LogP contribution >= 0.6 is 0 Å². The number of hydrogen-bond acceptors (Lipinski definition) is 3. The van der Waals surface area contributed by atoms with Gasteiger partial charge in [-0.05, 0) is 12.1 Å². The van der Waals surface area contributed by atoms with Crippen molar-refractivity contribution in [3.63, 3.8) is 0 Å². The van der Waals surface area contributed by atoms with Crippen LogP contribution in [0.15, 0.2) is 24.4 Å². The van der Waals surface area contributed by atoms with E-state index in [0.29, 0.717) is 0 Å². The van der Waals surface area contributed by atoms with Gasteiger partial charge in [0.05, 0.1) is 0 Å². The molecule has 2 heterocycles. The van der Waals surface area contributed by atoms with Gasteiger partial charge in [-0.15, -0.1) is 0 Å². The predicted octanol–water partition coefficient (Wildman–Crippen LogP) is 2.23. The average Bonchev–Trinajstić information content (AvgIpc) is 2.38. The third-order valence-corrected chi connectivity index (χ3v) is 3.28. The molecule has 1 N–H and O–H groups in total. The number of pyridine rings is 1. The highest BCUT2D eigenvalue weighted by molar-refractivity contribution is 5.84. The number of anilines is 1. The number of nitrogens with one attached hydrogen (secondary N) is 1. The average molecular weight is 246 g/mol. The van der Waals surface area contributed by atoms with Gasteiger partial charge >= 0.3 is 0 Å². The van der Waals surface area contributed by atoms with Gasteiger partial charge in [0.25, 0.3) is 0 Å². The fourth-order valence-corrected chi connectivity index (χ4v) is 2.17. The van der Waals surface area contributed by atoms with Gasteiger partial charge < -0.3 is 9.80 Å². The van der Waals surface area contributed by atoms with Crippen LogP contribution in [0, 0.1) is 10.8 Å². The lowest BCUT2D eigenvalue weighted by atomic mass is 9.93. The first kappa shape index (κ1) is 12.9. The minimum Gasteiger partial charge on any atom is -0.357 e. The van der Waals surface area contributed by atoms with Crippen LogP contribution in [0.25, 0.3) is 0 Å². The van der Waals surface area contributed by atoms with Crippen molar-refractivity contribution >= 4 is 11.7 Å².